The molecule has 1 amide bonds. The third-order valence-corrected chi connectivity index (χ3v) is 1.97. The fourth-order valence-corrected chi connectivity index (χ4v) is 1.41. The number of para-hydroxylation sites is 1. The minimum atomic E-state index is -0.311. The molecule has 0 aliphatic carbocycles. The van der Waals surface area contributed by atoms with Crippen LogP contribution in [0.3, 0.4) is 0 Å². The lowest BCUT2D eigenvalue weighted by molar-refractivity contribution is 0.0923. The summed E-state index contributed by atoms with van der Waals surface area (Å²) in [5, 5.41) is 2.87. The Kier molecular flexibility index (Phi) is 4.16. The van der Waals surface area contributed by atoms with Crippen LogP contribution in [0.2, 0.25) is 0 Å². The van der Waals surface area contributed by atoms with Gasteiger partial charge in [0.05, 0.1) is 5.56 Å². The van der Waals surface area contributed by atoms with Gasteiger partial charge in [-0.25, -0.2) is 0 Å². The number of carbonyl (C=O) groups is 1. The predicted molar refractivity (Wildman–Crippen MR) is 69.4 cm³/mol. The summed E-state index contributed by atoms with van der Waals surface area (Å²) in [4.78, 5) is 12.0. The van der Waals surface area contributed by atoms with E-state index in [4.69, 9.17) is 4.74 Å². The van der Waals surface area contributed by atoms with Gasteiger partial charge in [0.25, 0.3) is 5.91 Å². The summed E-state index contributed by atoms with van der Waals surface area (Å²) in [5.74, 6) is 0.526. The second-order valence-corrected chi connectivity index (χ2v) is 5.34. The Balaban J connectivity index is 2.95. The molecule has 0 atom stereocenters. The molecule has 0 fully saturated rings. The molecule has 3 heteroatoms. The summed E-state index contributed by atoms with van der Waals surface area (Å²) < 4.78 is 5.77. The molecule has 1 N–H and O–H groups in total. The zero-order valence-corrected chi connectivity index (χ0v) is 11.2. The maximum Gasteiger partial charge on any atom is 0.255 e. The van der Waals surface area contributed by atoms with Gasteiger partial charge in [0, 0.05) is 6.04 Å². The highest BCUT2D eigenvalue weighted by Crippen LogP contribution is 2.22. The molecule has 1 aromatic carbocycles. The SMILES string of the molecule is CC(C)NC(=O)c1ccccc1OC(C)(C)C. The van der Waals surface area contributed by atoms with Crippen LogP contribution in [-0.2, 0) is 0 Å². The number of carbonyl (C=O) groups excluding carboxylic acids is 1. The fraction of sp³-hybridized carbons (Fsp3) is 0.500. The maximum absolute atomic E-state index is 12.0. The van der Waals surface area contributed by atoms with Crippen LogP contribution >= 0.6 is 0 Å². The van der Waals surface area contributed by atoms with E-state index < -0.39 is 0 Å². The van der Waals surface area contributed by atoms with Crippen LogP contribution in [0.15, 0.2) is 24.3 Å². The number of amides is 1. The molecular formula is C14H21NO2. The predicted octanol–water partition coefficient (Wildman–Crippen LogP) is 3.00. The zero-order valence-electron chi connectivity index (χ0n) is 11.2. The fourth-order valence-electron chi connectivity index (χ4n) is 1.41. The molecule has 0 unspecified atom stereocenters. The van der Waals surface area contributed by atoms with E-state index in [2.05, 4.69) is 5.32 Å². The van der Waals surface area contributed by atoms with Crippen molar-refractivity contribution < 1.29 is 9.53 Å². The Morgan fingerprint density at radius 3 is 2.35 bits per heavy atom. The average molecular weight is 235 g/mol. The molecule has 0 saturated carbocycles. The Labute approximate surface area is 103 Å². The molecule has 1 aromatic rings. The third-order valence-electron chi connectivity index (χ3n) is 1.97. The summed E-state index contributed by atoms with van der Waals surface area (Å²) in [7, 11) is 0. The van der Waals surface area contributed by atoms with E-state index in [1.807, 2.05) is 52.8 Å². The van der Waals surface area contributed by atoms with Crippen molar-refractivity contribution in [3.63, 3.8) is 0 Å². The standard InChI is InChI=1S/C14H21NO2/c1-10(2)15-13(16)11-8-6-7-9-12(11)17-14(3,4)5/h6-10H,1-5H3,(H,15,16). The lowest BCUT2D eigenvalue weighted by Gasteiger charge is -2.23. The molecule has 0 aliphatic heterocycles. The molecule has 0 bridgehead atoms. The Hall–Kier alpha value is -1.51. The molecule has 3 nitrogen and oxygen atoms in total. The number of rotatable bonds is 3. The quantitative estimate of drug-likeness (QED) is 0.874. The van der Waals surface area contributed by atoms with Gasteiger partial charge in [-0.15, -0.1) is 0 Å². The van der Waals surface area contributed by atoms with Crippen LogP contribution in [0.5, 0.6) is 5.75 Å². The summed E-state index contributed by atoms with van der Waals surface area (Å²) >= 11 is 0. The summed E-state index contributed by atoms with van der Waals surface area (Å²) in [6, 6.07) is 7.42. The van der Waals surface area contributed by atoms with Crippen LogP contribution in [-0.4, -0.2) is 17.6 Å². The molecule has 94 valence electrons. The minimum Gasteiger partial charge on any atom is -0.487 e. The first-order valence-electron chi connectivity index (χ1n) is 5.88. The van der Waals surface area contributed by atoms with Crippen molar-refractivity contribution in [2.45, 2.75) is 46.3 Å². The van der Waals surface area contributed by atoms with E-state index in [1.54, 1.807) is 6.07 Å². The molecule has 0 aliphatic rings. The first-order chi connectivity index (χ1) is 7.79. The van der Waals surface area contributed by atoms with Gasteiger partial charge in [0.15, 0.2) is 0 Å². The highest BCUT2D eigenvalue weighted by atomic mass is 16.5. The first kappa shape index (κ1) is 13.6. The largest absolute Gasteiger partial charge is 0.487 e. The molecule has 0 aromatic heterocycles. The van der Waals surface area contributed by atoms with Crippen molar-refractivity contribution in [1.29, 1.82) is 0 Å². The molecule has 0 saturated heterocycles. The molecular weight excluding hydrogens is 214 g/mol. The highest BCUT2D eigenvalue weighted by molar-refractivity contribution is 5.97. The van der Waals surface area contributed by atoms with E-state index >= 15 is 0 Å². The highest BCUT2D eigenvalue weighted by Gasteiger charge is 2.18. The van der Waals surface area contributed by atoms with Crippen molar-refractivity contribution in [1.82, 2.24) is 5.32 Å². The van der Waals surface area contributed by atoms with Gasteiger partial charge in [-0.1, -0.05) is 12.1 Å². The number of hydrogen-bond acceptors (Lipinski definition) is 2. The van der Waals surface area contributed by atoms with Gasteiger partial charge in [-0.3, -0.25) is 4.79 Å². The molecule has 17 heavy (non-hydrogen) atoms. The summed E-state index contributed by atoms with van der Waals surface area (Å²) in [6.45, 7) is 9.76. The van der Waals surface area contributed by atoms with Crippen molar-refractivity contribution in [2.75, 3.05) is 0 Å². The van der Waals surface area contributed by atoms with Crippen LogP contribution in [0.4, 0.5) is 0 Å². The number of benzene rings is 1. The lowest BCUT2D eigenvalue weighted by Crippen LogP contribution is -2.31. The van der Waals surface area contributed by atoms with E-state index in [9.17, 15) is 4.79 Å². The van der Waals surface area contributed by atoms with Gasteiger partial charge in [-0.05, 0) is 46.8 Å². The molecule has 0 spiro atoms. The van der Waals surface area contributed by atoms with Crippen molar-refractivity contribution in [3.8, 4) is 5.75 Å². The van der Waals surface area contributed by atoms with Gasteiger partial charge in [0.1, 0.15) is 11.4 Å². The van der Waals surface area contributed by atoms with E-state index in [0.29, 0.717) is 11.3 Å². The van der Waals surface area contributed by atoms with Crippen molar-refractivity contribution in [2.24, 2.45) is 0 Å². The lowest BCUT2D eigenvalue weighted by atomic mass is 10.1. The number of nitrogens with one attached hydrogen (secondary N) is 1. The van der Waals surface area contributed by atoms with Crippen molar-refractivity contribution >= 4 is 5.91 Å². The van der Waals surface area contributed by atoms with Crippen molar-refractivity contribution in [3.05, 3.63) is 29.8 Å². The van der Waals surface area contributed by atoms with Crippen LogP contribution in [0.25, 0.3) is 0 Å². The Morgan fingerprint density at radius 2 is 1.82 bits per heavy atom. The summed E-state index contributed by atoms with van der Waals surface area (Å²) in [5.41, 5.74) is 0.268. The van der Waals surface area contributed by atoms with Crippen LogP contribution in [0, 0.1) is 0 Å². The number of ether oxygens (including phenoxy) is 1. The zero-order chi connectivity index (χ0) is 13.1. The number of hydrogen-bond donors (Lipinski definition) is 1. The topological polar surface area (TPSA) is 38.3 Å². The molecule has 1 rings (SSSR count). The monoisotopic (exact) mass is 235 g/mol. The third kappa shape index (κ3) is 4.47. The van der Waals surface area contributed by atoms with Crippen LogP contribution in [0.1, 0.15) is 45.0 Å². The minimum absolute atomic E-state index is 0.0974. The van der Waals surface area contributed by atoms with Crippen LogP contribution < -0.4 is 10.1 Å². The Bertz CT molecular complexity index is 391. The van der Waals surface area contributed by atoms with E-state index in [1.165, 1.54) is 0 Å². The van der Waals surface area contributed by atoms with Gasteiger partial charge in [0.2, 0.25) is 0 Å². The smallest absolute Gasteiger partial charge is 0.255 e. The second kappa shape index (κ2) is 5.21. The van der Waals surface area contributed by atoms with Gasteiger partial charge < -0.3 is 10.1 Å². The molecule has 0 heterocycles. The maximum atomic E-state index is 12.0. The normalized spacial score (nSPS) is 11.4. The van der Waals surface area contributed by atoms with Gasteiger partial charge >= 0.3 is 0 Å². The van der Waals surface area contributed by atoms with E-state index in [0.717, 1.165) is 0 Å². The summed E-state index contributed by atoms with van der Waals surface area (Å²) in [6.07, 6.45) is 0. The second-order valence-electron chi connectivity index (χ2n) is 5.34. The Morgan fingerprint density at radius 1 is 1.24 bits per heavy atom. The molecule has 0 radical (unpaired) electrons. The first-order valence-corrected chi connectivity index (χ1v) is 5.88. The average Bonchev–Trinajstić information content (AvgIpc) is 2.14. The van der Waals surface area contributed by atoms with Gasteiger partial charge in [-0.2, -0.15) is 0 Å². The van der Waals surface area contributed by atoms with E-state index in [-0.39, 0.29) is 17.6 Å².